The molecular formula is C14H22O3S. The standard InChI is InChI=1S/C14H22O3S/c1-14(2,3)12-7-5-8-13(11-12)17-9-6-10-18(4,15)16/h5,7-8,11H,6,9-10H2,1-4H3. The number of rotatable bonds is 5. The molecule has 0 bridgehead atoms. The molecule has 102 valence electrons. The van der Waals surface area contributed by atoms with E-state index in [1.165, 1.54) is 11.8 Å². The summed E-state index contributed by atoms with van der Waals surface area (Å²) in [5, 5.41) is 0. The third-order valence-corrected chi connectivity index (χ3v) is 3.66. The summed E-state index contributed by atoms with van der Waals surface area (Å²) < 4.78 is 27.5. The van der Waals surface area contributed by atoms with Gasteiger partial charge in [0.15, 0.2) is 0 Å². The second-order valence-corrected chi connectivity index (χ2v) is 7.87. The van der Waals surface area contributed by atoms with E-state index >= 15 is 0 Å². The van der Waals surface area contributed by atoms with Gasteiger partial charge < -0.3 is 4.74 Å². The molecule has 0 unspecified atom stereocenters. The van der Waals surface area contributed by atoms with Gasteiger partial charge in [-0.3, -0.25) is 0 Å². The van der Waals surface area contributed by atoms with Crippen LogP contribution in [0.15, 0.2) is 24.3 Å². The maximum Gasteiger partial charge on any atom is 0.147 e. The molecule has 1 aromatic rings. The summed E-state index contributed by atoms with van der Waals surface area (Å²) in [5.74, 6) is 0.974. The summed E-state index contributed by atoms with van der Waals surface area (Å²) in [4.78, 5) is 0. The maximum atomic E-state index is 11.0. The summed E-state index contributed by atoms with van der Waals surface area (Å²) in [7, 11) is -2.89. The molecule has 0 radical (unpaired) electrons. The molecule has 0 aliphatic heterocycles. The van der Waals surface area contributed by atoms with Gasteiger partial charge in [-0.2, -0.15) is 0 Å². The molecule has 18 heavy (non-hydrogen) atoms. The molecule has 0 aliphatic rings. The minimum Gasteiger partial charge on any atom is -0.494 e. The van der Waals surface area contributed by atoms with E-state index in [1.807, 2.05) is 18.2 Å². The lowest BCUT2D eigenvalue weighted by Gasteiger charge is -2.19. The fourth-order valence-electron chi connectivity index (χ4n) is 1.56. The molecule has 0 heterocycles. The minimum atomic E-state index is -2.89. The van der Waals surface area contributed by atoms with Gasteiger partial charge in [-0.1, -0.05) is 32.9 Å². The quantitative estimate of drug-likeness (QED) is 0.773. The fraction of sp³-hybridized carbons (Fsp3) is 0.571. The molecule has 1 rings (SSSR count). The predicted molar refractivity (Wildman–Crippen MR) is 75.0 cm³/mol. The van der Waals surface area contributed by atoms with Gasteiger partial charge in [-0.15, -0.1) is 0 Å². The van der Waals surface area contributed by atoms with Crippen molar-refractivity contribution < 1.29 is 13.2 Å². The summed E-state index contributed by atoms with van der Waals surface area (Å²) >= 11 is 0. The van der Waals surface area contributed by atoms with Crippen LogP contribution in [0, 0.1) is 0 Å². The highest BCUT2D eigenvalue weighted by molar-refractivity contribution is 7.90. The van der Waals surface area contributed by atoms with Crippen molar-refractivity contribution in [1.29, 1.82) is 0 Å². The normalized spacial score (nSPS) is 12.4. The average molecular weight is 270 g/mol. The van der Waals surface area contributed by atoms with Crippen molar-refractivity contribution in [2.24, 2.45) is 0 Å². The molecule has 0 N–H and O–H groups in total. The van der Waals surface area contributed by atoms with Crippen LogP contribution in [0.4, 0.5) is 0 Å². The van der Waals surface area contributed by atoms with Gasteiger partial charge in [0.2, 0.25) is 0 Å². The largest absolute Gasteiger partial charge is 0.494 e. The number of hydrogen-bond donors (Lipinski definition) is 0. The van der Waals surface area contributed by atoms with E-state index in [2.05, 4.69) is 26.8 Å². The van der Waals surface area contributed by atoms with Crippen LogP contribution in [-0.2, 0) is 15.3 Å². The smallest absolute Gasteiger partial charge is 0.147 e. The van der Waals surface area contributed by atoms with Gasteiger partial charge in [0.1, 0.15) is 15.6 Å². The first kappa shape index (κ1) is 15.0. The molecule has 3 nitrogen and oxygen atoms in total. The van der Waals surface area contributed by atoms with Crippen molar-refractivity contribution >= 4 is 9.84 Å². The van der Waals surface area contributed by atoms with Crippen LogP contribution in [0.5, 0.6) is 5.75 Å². The lowest BCUT2D eigenvalue weighted by atomic mass is 9.87. The Labute approximate surface area is 110 Å². The lowest BCUT2D eigenvalue weighted by molar-refractivity contribution is 0.317. The first-order chi connectivity index (χ1) is 8.18. The van der Waals surface area contributed by atoms with E-state index in [0.717, 1.165) is 5.75 Å². The van der Waals surface area contributed by atoms with Crippen molar-refractivity contribution in [3.8, 4) is 5.75 Å². The van der Waals surface area contributed by atoms with Crippen LogP contribution < -0.4 is 4.74 Å². The van der Waals surface area contributed by atoms with Gasteiger partial charge in [0, 0.05) is 6.26 Å². The molecule has 0 spiro atoms. The molecule has 0 aromatic heterocycles. The summed E-state index contributed by atoms with van der Waals surface area (Å²) in [6.07, 6.45) is 1.77. The maximum absolute atomic E-state index is 11.0. The Morgan fingerprint density at radius 2 is 1.89 bits per heavy atom. The van der Waals surface area contributed by atoms with Crippen molar-refractivity contribution in [3.63, 3.8) is 0 Å². The first-order valence-corrected chi connectivity index (χ1v) is 8.15. The highest BCUT2D eigenvalue weighted by Gasteiger charge is 2.13. The molecule has 1 aromatic carbocycles. The van der Waals surface area contributed by atoms with Crippen LogP contribution in [-0.4, -0.2) is 27.0 Å². The first-order valence-electron chi connectivity index (χ1n) is 6.09. The molecule has 4 heteroatoms. The highest BCUT2D eigenvalue weighted by Crippen LogP contribution is 2.25. The van der Waals surface area contributed by atoms with E-state index in [-0.39, 0.29) is 11.2 Å². The fourth-order valence-corrected chi connectivity index (χ4v) is 2.21. The monoisotopic (exact) mass is 270 g/mol. The van der Waals surface area contributed by atoms with Crippen LogP contribution >= 0.6 is 0 Å². The van der Waals surface area contributed by atoms with Crippen molar-refractivity contribution in [1.82, 2.24) is 0 Å². The zero-order valence-electron chi connectivity index (χ0n) is 11.6. The van der Waals surface area contributed by atoms with Gasteiger partial charge in [-0.25, -0.2) is 8.42 Å². The van der Waals surface area contributed by atoms with Crippen LogP contribution in [0.2, 0.25) is 0 Å². The molecule has 0 amide bonds. The molecule has 0 saturated heterocycles. The molecule has 0 aliphatic carbocycles. The average Bonchev–Trinajstić information content (AvgIpc) is 2.22. The van der Waals surface area contributed by atoms with E-state index in [0.29, 0.717) is 13.0 Å². The number of hydrogen-bond acceptors (Lipinski definition) is 3. The number of sulfone groups is 1. The van der Waals surface area contributed by atoms with E-state index in [1.54, 1.807) is 0 Å². The predicted octanol–water partition coefficient (Wildman–Crippen LogP) is 2.80. The van der Waals surface area contributed by atoms with Gasteiger partial charge in [0.25, 0.3) is 0 Å². The van der Waals surface area contributed by atoms with Crippen molar-refractivity contribution in [3.05, 3.63) is 29.8 Å². The summed E-state index contributed by atoms with van der Waals surface area (Å²) in [5.41, 5.74) is 1.30. The van der Waals surface area contributed by atoms with E-state index in [9.17, 15) is 8.42 Å². The molecule has 0 fully saturated rings. The summed E-state index contributed by atoms with van der Waals surface area (Å²) in [6, 6.07) is 7.95. The molecule has 0 saturated carbocycles. The number of benzene rings is 1. The van der Waals surface area contributed by atoms with E-state index in [4.69, 9.17) is 4.74 Å². The van der Waals surface area contributed by atoms with Crippen LogP contribution in [0.1, 0.15) is 32.8 Å². The third kappa shape index (κ3) is 5.54. The van der Waals surface area contributed by atoms with E-state index < -0.39 is 9.84 Å². The SMILES string of the molecule is CC(C)(C)c1cccc(OCCCS(C)(=O)=O)c1. The van der Waals surface area contributed by atoms with Gasteiger partial charge in [0.05, 0.1) is 12.4 Å². The molecule has 0 atom stereocenters. The van der Waals surface area contributed by atoms with Gasteiger partial charge >= 0.3 is 0 Å². The Bertz CT molecular complexity index is 484. The Morgan fingerprint density at radius 3 is 2.44 bits per heavy atom. The van der Waals surface area contributed by atoms with Crippen molar-refractivity contribution in [2.75, 3.05) is 18.6 Å². The minimum absolute atomic E-state index is 0.0894. The lowest BCUT2D eigenvalue weighted by Crippen LogP contribution is -2.11. The second kappa shape index (κ2) is 5.74. The zero-order chi connectivity index (χ0) is 13.8. The Morgan fingerprint density at radius 1 is 1.22 bits per heavy atom. The Hall–Kier alpha value is -1.03. The topological polar surface area (TPSA) is 43.4 Å². The van der Waals surface area contributed by atoms with Crippen LogP contribution in [0.3, 0.4) is 0 Å². The Kier molecular flexibility index (Phi) is 4.79. The van der Waals surface area contributed by atoms with Gasteiger partial charge in [-0.05, 0) is 29.5 Å². The highest BCUT2D eigenvalue weighted by atomic mass is 32.2. The molecular weight excluding hydrogens is 248 g/mol. The zero-order valence-corrected chi connectivity index (χ0v) is 12.4. The third-order valence-electron chi connectivity index (χ3n) is 2.63. The van der Waals surface area contributed by atoms with Crippen molar-refractivity contribution in [2.45, 2.75) is 32.6 Å². The number of ether oxygens (including phenoxy) is 1. The summed E-state index contributed by atoms with van der Waals surface area (Å²) in [6.45, 7) is 6.88. The van der Waals surface area contributed by atoms with Crippen LogP contribution in [0.25, 0.3) is 0 Å². The second-order valence-electron chi connectivity index (χ2n) is 5.61. The Balaban J connectivity index is 2.53.